The average Bonchev–Trinajstić information content (AvgIpc) is 0.784. The monoisotopic (exact) mass is 1800 g/mol. The molecule has 0 saturated carbocycles. The molecular weight excluding hydrogens is 1590 g/mol. The summed E-state index contributed by atoms with van der Waals surface area (Å²) in [6.45, 7) is 86.8. The van der Waals surface area contributed by atoms with Gasteiger partial charge in [0.25, 0.3) is 0 Å². The molecule has 30 heteroatoms. The molecule has 0 bridgehead atoms. The SMILES string of the molecule is CCCP(C)(C)(C)F.CCCP(C)(C)(C)OB(OP(C)(C)(C)CCC)OP(C)(C)(C)CCC.CCCP(C)(C)(C)OB(OP(C)(C)(C)CCC)OP(C)(C)(C)CCC.CCCP(C)(C)(C)OB(OP(C)(C)(C)CCC)OP(C)(C)(C)CCC.CCCP(C)(C)(C)OB(OP(C)(C)(C)CCC)OP(C)(C)(C)CCC. The van der Waals surface area contributed by atoms with Crippen LogP contribution in [0.5, 0.6) is 0 Å². The molecule has 0 aromatic heterocycles. The van der Waals surface area contributed by atoms with Crippen LogP contribution in [-0.4, -0.2) is 369 Å². The second kappa shape index (κ2) is 40.5. The van der Waals surface area contributed by atoms with Crippen LogP contribution >= 0.6 is 88.9 Å². The minimum absolute atomic E-state index is 0.544. The summed E-state index contributed by atoms with van der Waals surface area (Å²) in [7, 11) is -2.18. The molecule has 12 nitrogen and oxygen atoms in total. The van der Waals surface area contributed by atoms with Crippen molar-refractivity contribution in [1.82, 2.24) is 0 Å². The molecule has 0 rings (SSSR count). The van der Waals surface area contributed by atoms with Gasteiger partial charge >= 0.3 is 689 Å². The Bertz CT molecular complexity index is 2040. The Balaban J connectivity index is -0.000000421. The van der Waals surface area contributed by atoms with Crippen molar-refractivity contribution >= 4 is 118 Å². The summed E-state index contributed by atoms with van der Waals surface area (Å²) in [4.78, 5) is 0. The van der Waals surface area contributed by atoms with E-state index in [0.29, 0.717) is 0 Å². The number of hydrogen-bond acceptors (Lipinski definition) is 12. The van der Waals surface area contributed by atoms with Gasteiger partial charge in [0.15, 0.2) is 0 Å². The third-order valence-corrected chi connectivity index (χ3v) is 55.6. The summed E-state index contributed by atoms with van der Waals surface area (Å²) in [6, 6.07) is 0. The molecule has 0 unspecified atom stereocenters. The number of halogens is 1. The maximum atomic E-state index is 13.2. The van der Waals surface area contributed by atoms with Crippen LogP contribution in [0.4, 0.5) is 4.20 Å². The Morgan fingerprint density at radius 3 is 0.241 bits per heavy atom. The summed E-state index contributed by atoms with van der Waals surface area (Å²) in [5.74, 6) is 0. The first-order chi connectivity index (χ1) is 46.4. The summed E-state index contributed by atoms with van der Waals surface area (Å²) in [5, 5.41) is 0. The number of rotatable bonds is 50. The zero-order valence-corrected chi connectivity index (χ0v) is 95.4. The molecule has 0 N–H and O–H groups in total. The van der Waals surface area contributed by atoms with E-state index >= 15 is 0 Å². The summed E-state index contributed by atoms with van der Waals surface area (Å²) in [6.07, 6.45) is 28.4. The molecule has 0 saturated heterocycles. The van der Waals surface area contributed by atoms with Crippen molar-refractivity contribution < 1.29 is 57.5 Å². The van der Waals surface area contributed by atoms with Gasteiger partial charge in [0, 0.05) is 0 Å². The summed E-state index contributed by atoms with van der Waals surface area (Å²) < 4.78 is 93.8. The zero-order valence-electron chi connectivity index (χ0n) is 83.8. The van der Waals surface area contributed by atoms with Crippen molar-refractivity contribution in [2.75, 3.05) is 340 Å². The van der Waals surface area contributed by atoms with E-state index in [9.17, 15) is 4.20 Å². The van der Waals surface area contributed by atoms with Gasteiger partial charge in [0.2, 0.25) is 0 Å². The molecule has 676 valence electrons. The summed E-state index contributed by atoms with van der Waals surface area (Å²) >= 11 is 0. The first-order valence-electron chi connectivity index (χ1n) is 42.4. The van der Waals surface area contributed by atoms with Crippen LogP contribution in [0.15, 0.2) is 0 Å². The van der Waals surface area contributed by atoms with Gasteiger partial charge in [-0.05, 0) is 0 Å². The van der Waals surface area contributed by atoms with Gasteiger partial charge in [-0.3, -0.25) is 0 Å². The molecule has 0 heterocycles. The van der Waals surface area contributed by atoms with Gasteiger partial charge in [-0.25, -0.2) is 0 Å². The van der Waals surface area contributed by atoms with Crippen LogP contribution in [-0.2, 0) is 53.3 Å². The van der Waals surface area contributed by atoms with E-state index in [0.717, 1.165) is 164 Å². The molecule has 0 aromatic rings. The normalized spacial score (nSPS) is 18.4. The predicted octanol–water partition coefficient (Wildman–Crippen LogP) is 28.0. The average molecular weight is 1800 g/mol. The molecule has 0 radical (unpaired) electrons. The van der Waals surface area contributed by atoms with E-state index in [-0.39, 0.29) is 0 Å². The fraction of sp³-hybridized carbons (Fsp3) is 1.00. The Morgan fingerprint density at radius 1 is 0.139 bits per heavy atom. The molecule has 0 spiro atoms. The molecular formula is C78H208B4FO12P13. The molecule has 0 aromatic carbocycles. The molecule has 0 atom stereocenters. The predicted molar refractivity (Wildman–Crippen MR) is 555 cm³/mol. The van der Waals surface area contributed by atoms with Crippen molar-refractivity contribution in [2.45, 2.75) is 173 Å². The van der Waals surface area contributed by atoms with Crippen LogP contribution in [0.2, 0.25) is 0 Å². The summed E-state index contributed by atoms with van der Waals surface area (Å²) in [5.41, 5.74) is 0. The first-order valence-corrected chi connectivity index (χ1v) is 90.3. The van der Waals surface area contributed by atoms with Gasteiger partial charge in [-0.15, -0.1) is 0 Å². The van der Waals surface area contributed by atoms with Gasteiger partial charge in [0.05, 0.1) is 0 Å². The van der Waals surface area contributed by atoms with Crippen LogP contribution in [0, 0.1) is 0 Å². The Kier molecular flexibility index (Phi) is 45.7. The van der Waals surface area contributed by atoms with E-state index in [2.05, 4.69) is 323 Å². The Hall–Kier alpha value is 5.30. The van der Waals surface area contributed by atoms with E-state index in [4.69, 9.17) is 53.3 Å². The van der Waals surface area contributed by atoms with Crippen LogP contribution < -0.4 is 0 Å². The van der Waals surface area contributed by atoms with Crippen molar-refractivity contribution in [2.24, 2.45) is 0 Å². The quantitative estimate of drug-likeness (QED) is 0.0427. The third-order valence-electron chi connectivity index (χ3n) is 18.5. The van der Waals surface area contributed by atoms with Crippen molar-refractivity contribution in [3.63, 3.8) is 0 Å². The third kappa shape index (κ3) is 66.9. The molecule has 108 heavy (non-hydrogen) atoms. The second-order valence-corrected chi connectivity index (χ2v) is 136. The van der Waals surface area contributed by atoms with Crippen molar-refractivity contribution in [3.05, 3.63) is 0 Å². The minimum atomic E-state index is -2.60. The van der Waals surface area contributed by atoms with Crippen molar-refractivity contribution in [1.29, 1.82) is 0 Å². The van der Waals surface area contributed by atoms with Crippen LogP contribution in [0.25, 0.3) is 0 Å². The second-order valence-electron chi connectivity index (χ2n) is 50.3. The standard InChI is InChI=1S/4C18H48BO3P3.C6H16FP/c4*1-13-16-23(4,5,6)20-19(21-24(7,8,9)17-14-2)22-25(10,11,12)18-15-3;1-5-6-8(2,3,4)7/h4*13-18H2,1-12H3;5-6H2,1-4H3. The Morgan fingerprint density at radius 2 is 0.204 bits per heavy atom. The Labute approximate surface area is 684 Å². The fourth-order valence-electron chi connectivity index (χ4n) is 14.6. The van der Waals surface area contributed by atoms with Gasteiger partial charge in [-0.1, -0.05) is 0 Å². The molecule has 0 aliphatic carbocycles. The van der Waals surface area contributed by atoms with E-state index < -0.39 is 118 Å². The molecule has 0 aliphatic heterocycles. The van der Waals surface area contributed by atoms with Crippen LogP contribution in [0.1, 0.15) is 173 Å². The van der Waals surface area contributed by atoms with Crippen molar-refractivity contribution in [3.8, 4) is 0 Å². The van der Waals surface area contributed by atoms with E-state index in [1.54, 1.807) is 20.0 Å². The van der Waals surface area contributed by atoms with Crippen LogP contribution in [0.3, 0.4) is 0 Å². The number of hydrogen-bond donors (Lipinski definition) is 0. The molecule has 0 aliphatic rings. The fourth-order valence-corrected chi connectivity index (χ4v) is 45.2. The topological polar surface area (TPSA) is 111 Å². The van der Waals surface area contributed by atoms with E-state index in [1.165, 1.54) is 0 Å². The van der Waals surface area contributed by atoms with Gasteiger partial charge in [0.1, 0.15) is 0 Å². The van der Waals surface area contributed by atoms with Gasteiger partial charge in [-0.2, -0.15) is 0 Å². The maximum absolute atomic E-state index is 13.2. The zero-order chi connectivity index (χ0) is 88.0. The molecule has 0 fully saturated rings. The van der Waals surface area contributed by atoms with E-state index in [1.807, 2.05) is 6.92 Å². The molecule has 0 amide bonds. The van der Waals surface area contributed by atoms with Gasteiger partial charge < -0.3 is 0 Å². The first kappa shape index (κ1) is 122.